The van der Waals surface area contributed by atoms with Crippen LogP contribution in [0, 0.1) is 13.8 Å². The Morgan fingerprint density at radius 1 is 0.424 bits per heavy atom. The molecule has 4 aromatic carbocycles. The molecule has 0 unspecified atom stereocenters. The molecule has 0 saturated heterocycles. The third-order valence-corrected chi connectivity index (χ3v) is 19.2. The lowest BCUT2D eigenvalue weighted by molar-refractivity contribution is 0.282. The summed E-state index contributed by atoms with van der Waals surface area (Å²) >= 11 is 0. The van der Waals surface area contributed by atoms with E-state index in [0.717, 1.165) is 18.5 Å². The predicted octanol–water partition coefficient (Wildman–Crippen LogP) is 15.4. The van der Waals surface area contributed by atoms with Gasteiger partial charge in [-0.15, -0.1) is 0 Å². The van der Waals surface area contributed by atoms with E-state index in [0.29, 0.717) is 0 Å². The number of rotatable bonds is 2. The third kappa shape index (κ3) is 6.06. The number of aryl methyl sites for hydroxylation is 2. The number of hydrogen-bond donors (Lipinski definition) is 0. The standard InChI is InChI=1S/C62H79BN2O/c1-36-29-48-51-49(30-36)65(46-34-43-40(31-37(46)2)56(5,6)23-25-59(43,11)12)47-35-44-42(58(9,10)24-26-60(44,13)14)33-45(47)63(51)54-52(50-53(66-54)62(17,18)28-27-61(50,15)16)64(48)38-19-20-39-41(32-38)57(7,8)22-21-55(39,3)4/h19-20,29-35H,21-28H2,1-18H3. The molecule has 0 radical (unpaired) electrons. The molecule has 4 aliphatic carbocycles. The fourth-order valence-corrected chi connectivity index (χ4v) is 14.2. The average molecular weight is 879 g/mol. The van der Waals surface area contributed by atoms with Crippen LogP contribution in [0.1, 0.15) is 218 Å². The molecule has 2 aliphatic heterocycles. The first-order valence-corrected chi connectivity index (χ1v) is 25.9. The lowest BCUT2D eigenvalue weighted by atomic mass is 9.35. The molecule has 346 valence electrons. The highest BCUT2D eigenvalue weighted by atomic mass is 16.3. The molecule has 3 heterocycles. The van der Waals surface area contributed by atoms with Crippen molar-refractivity contribution in [1.29, 1.82) is 0 Å². The molecule has 6 aliphatic rings. The minimum absolute atomic E-state index is 0.0536. The molecule has 0 spiro atoms. The smallest absolute Gasteiger partial charge is 0.297 e. The molecule has 66 heavy (non-hydrogen) atoms. The first kappa shape index (κ1) is 44.3. The lowest BCUT2D eigenvalue weighted by Crippen LogP contribution is -2.61. The second-order valence-corrected chi connectivity index (χ2v) is 27.8. The summed E-state index contributed by atoms with van der Waals surface area (Å²) in [5.74, 6) is 1.19. The summed E-state index contributed by atoms with van der Waals surface area (Å²) in [6.45, 7) is 44.3. The number of fused-ring (bicyclic) bond motifs is 9. The van der Waals surface area contributed by atoms with Crippen molar-refractivity contribution in [3.05, 3.63) is 110 Å². The second kappa shape index (κ2) is 13.3. The van der Waals surface area contributed by atoms with Gasteiger partial charge in [-0.2, -0.15) is 0 Å². The molecule has 0 saturated carbocycles. The molecular formula is C62H79BN2O. The van der Waals surface area contributed by atoms with Crippen LogP contribution in [0.2, 0.25) is 0 Å². The SMILES string of the molecule is Cc1cc2c3c(c1)N(c1ccc4c(c1)C(C)(C)CCC4(C)C)c1c(oc4c1C(C)(C)CCC4(C)C)B3c1cc3c(cc1N2c1cc2c(cc1C)C(C)(C)CCC2(C)C)C(C)(C)CCC3(C)C. The van der Waals surface area contributed by atoms with Gasteiger partial charge in [0.15, 0.2) is 0 Å². The minimum Gasteiger partial charge on any atom is -0.472 e. The van der Waals surface area contributed by atoms with Crippen molar-refractivity contribution in [2.45, 2.75) is 219 Å². The van der Waals surface area contributed by atoms with Gasteiger partial charge in [-0.05, 0) is 195 Å². The highest BCUT2D eigenvalue weighted by Gasteiger charge is 2.54. The van der Waals surface area contributed by atoms with Gasteiger partial charge >= 0.3 is 0 Å². The largest absolute Gasteiger partial charge is 0.472 e. The van der Waals surface area contributed by atoms with E-state index in [1.54, 1.807) is 0 Å². The maximum atomic E-state index is 7.82. The molecule has 0 N–H and O–H groups in total. The van der Waals surface area contributed by atoms with E-state index in [9.17, 15) is 0 Å². The molecule has 11 rings (SSSR count). The van der Waals surface area contributed by atoms with Crippen molar-refractivity contribution in [3.8, 4) is 0 Å². The van der Waals surface area contributed by atoms with Gasteiger partial charge in [-0.25, -0.2) is 0 Å². The Balaban J connectivity index is 1.29. The maximum absolute atomic E-state index is 7.82. The van der Waals surface area contributed by atoms with Crippen LogP contribution in [-0.4, -0.2) is 6.71 Å². The van der Waals surface area contributed by atoms with Crippen LogP contribution in [0.3, 0.4) is 0 Å². The van der Waals surface area contributed by atoms with Crippen molar-refractivity contribution in [2.75, 3.05) is 9.80 Å². The topological polar surface area (TPSA) is 19.6 Å². The van der Waals surface area contributed by atoms with Gasteiger partial charge in [0.05, 0.1) is 11.3 Å². The molecule has 3 nitrogen and oxygen atoms in total. The number of benzene rings is 4. The number of furan rings is 1. The fourth-order valence-electron chi connectivity index (χ4n) is 14.2. The van der Waals surface area contributed by atoms with Gasteiger partial charge in [0.2, 0.25) is 0 Å². The number of anilines is 6. The molecule has 0 bridgehead atoms. The second-order valence-electron chi connectivity index (χ2n) is 27.8. The van der Waals surface area contributed by atoms with Crippen molar-refractivity contribution >= 4 is 57.4 Å². The highest BCUT2D eigenvalue weighted by molar-refractivity contribution is 6.99. The summed E-state index contributed by atoms with van der Waals surface area (Å²) < 4.78 is 7.82. The van der Waals surface area contributed by atoms with Gasteiger partial charge < -0.3 is 14.2 Å². The van der Waals surface area contributed by atoms with Gasteiger partial charge in [-0.1, -0.05) is 129 Å². The van der Waals surface area contributed by atoms with Crippen LogP contribution in [0.4, 0.5) is 34.1 Å². The van der Waals surface area contributed by atoms with Crippen molar-refractivity contribution in [1.82, 2.24) is 0 Å². The van der Waals surface area contributed by atoms with Crippen molar-refractivity contribution < 1.29 is 4.42 Å². The van der Waals surface area contributed by atoms with Crippen LogP contribution in [-0.2, 0) is 43.3 Å². The van der Waals surface area contributed by atoms with Crippen molar-refractivity contribution in [3.63, 3.8) is 0 Å². The summed E-state index contributed by atoms with van der Waals surface area (Å²) in [7, 11) is 0. The van der Waals surface area contributed by atoms with Crippen LogP contribution >= 0.6 is 0 Å². The number of hydrogen-bond acceptors (Lipinski definition) is 3. The zero-order chi connectivity index (χ0) is 47.4. The Bertz CT molecular complexity index is 2920. The van der Waals surface area contributed by atoms with Crippen LogP contribution in [0.5, 0.6) is 0 Å². The van der Waals surface area contributed by atoms with E-state index in [1.807, 2.05) is 0 Å². The van der Waals surface area contributed by atoms with E-state index in [1.165, 1.54) is 139 Å². The molecule has 4 heteroatoms. The van der Waals surface area contributed by atoms with Crippen LogP contribution in [0.15, 0.2) is 59.0 Å². The normalized spacial score (nSPS) is 23.4. The average Bonchev–Trinajstić information content (AvgIpc) is 3.64. The van der Waals surface area contributed by atoms with Crippen molar-refractivity contribution in [2.24, 2.45) is 0 Å². The zero-order valence-electron chi connectivity index (χ0n) is 44.2. The summed E-state index contributed by atoms with van der Waals surface area (Å²) in [4.78, 5) is 5.45. The molecular weight excluding hydrogens is 800 g/mol. The van der Waals surface area contributed by atoms with Gasteiger partial charge in [-0.3, -0.25) is 0 Å². The predicted molar refractivity (Wildman–Crippen MR) is 283 cm³/mol. The Morgan fingerprint density at radius 2 is 0.864 bits per heavy atom. The quantitative estimate of drug-likeness (QED) is 0.161. The first-order valence-electron chi connectivity index (χ1n) is 25.9. The van der Waals surface area contributed by atoms with Gasteiger partial charge in [0.1, 0.15) is 5.76 Å². The summed E-state index contributed by atoms with van der Waals surface area (Å²) in [6.07, 6.45) is 9.37. The van der Waals surface area contributed by atoms with Gasteiger partial charge in [0, 0.05) is 39.4 Å². The summed E-state index contributed by atoms with van der Waals surface area (Å²) in [5.41, 5.74) is 25.2. The minimum atomic E-state index is -0.0904. The molecule has 5 aromatic rings. The molecule has 0 fully saturated rings. The number of nitrogens with zero attached hydrogens (tertiary/aromatic N) is 2. The summed E-state index contributed by atoms with van der Waals surface area (Å²) in [6, 6.07) is 23.2. The highest BCUT2D eigenvalue weighted by Crippen LogP contribution is 2.58. The lowest BCUT2D eigenvalue weighted by Gasteiger charge is -2.48. The zero-order valence-corrected chi connectivity index (χ0v) is 44.2. The Kier molecular flexibility index (Phi) is 8.95. The molecule has 0 atom stereocenters. The first-order chi connectivity index (χ1) is 30.5. The molecule has 1 aromatic heterocycles. The van der Waals surface area contributed by atoms with E-state index in [4.69, 9.17) is 4.42 Å². The van der Waals surface area contributed by atoms with E-state index in [2.05, 4.69) is 189 Å². The van der Waals surface area contributed by atoms with E-state index >= 15 is 0 Å². The third-order valence-electron chi connectivity index (χ3n) is 19.2. The monoisotopic (exact) mass is 879 g/mol. The van der Waals surface area contributed by atoms with Crippen LogP contribution < -0.4 is 26.4 Å². The molecule has 0 amide bonds. The van der Waals surface area contributed by atoms with Crippen LogP contribution in [0.25, 0.3) is 0 Å². The maximum Gasteiger partial charge on any atom is 0.297 e. The Labute approximate surface area is 399 Å². The van der Waals surface area contributed by atoms with E-state index in [-0.39, 0.29) is 50.0 Å². The summed E-state index contributed by atoms with van der Waals surface area (Å²) in [5, 5.41) is 0. The fraction of sp³-hybridized carbons (Fsp3) is 0.548. The Hall–Kier alpha value is -4.18. The Morgan fingerprint density at radius 3 is 1.42 bits per heavy atom. The van der Waals surface area contributed by atoms with Gasteiger partial charge in [0.25, 0.3) is 6.71 Å². The van der Waals surface area contributed by atoms with E-state index < -0.39 is 0 Å².